The molecule has 0 aromatic carbocycles. The Balaban J connectivity index is 0.000000531. The lowest BCUT2D eigenvalue weighted by Gasteiger charge is -2.07. The lowest BCUT2D eigenvalue weighted by molar-refractivity contribution is 0.856. The Hall–Kier alpha value is -1.55. The Morgan fingerprint density at radius 3 is 2.47 bits per heavy atom. The van der Waals surface area contributed by atoms with Crippen molar-refractivity contribution >= 4 is 12.2 Å². The summed E-state index contributed by atoms with van der Waals surface area (Å²) in [6.07, 6.45) is 5.72. The third-order valence-corrected chi connectivity index (χ3v) is 2.16. The fraction of sp³-hybridized carbons (Fsp3) is 0.357. The highest BCUT2D eigenvalue weighted by Gasteiger charge is 2.04. The minimum Gasteiger partial charge on any atom is -0.255 e. The second-order valence-corrected chi connectivity index (χ2v) is 3.48. The van der Waals surface area contributed by atoms with Gasteiger partial charge in [0.15, 0.2) is 0 Å². The minimum absolute atomic E-state index is 0.529. The van der Waals surface area contributed by atoms with E-state index in [2.05, 4.69) is 36.4 Å². The van der Waals surface area contributed by atoms with Crippen LogP contribution in [-0.2, 0) is 0 Å². The summed E-state index contributed by atoms with van der Waals surface area (Å²) in [7, 11) is 0. The SMILES string of the molecule is CC.CC(C)c1cnc2c(c1)C=C=C=C2. The van der Waals surface area contributed by atoms with Gasteiger partial charge in [0.05, 0.1) is 5.69 Å². The van der Waals surface area contributed by atoms with Gasteiger partial charge in [0.2, 0.25) is 0 Å². The molecule has 0 unspecified atom stereocenters. The van der Waals surface area contributed by atoms with Gasteiger partial charge in [0.25, 0.3) is 0 Å². The van der Waals surface area contributed by atoms with E-state index < -0.39 is 0 Å². The number of nitrogens with zero attached hydrogens (tertiary/aromatic N) is 1. The van der Waals surface area contributed by atoms with E-state index in [1.165, 1.54) is 5.56 Å². The molecule has 15 heavy (non-hydrogen) atoms. The van der Waals surface area contributed by atoms with Gasteiger partial charge in [0, 0.05) is 17.8 Å². The van der Waals surface area contributed by atoms with Gasteiger partial charge in [-0.25, -0.2) is 0 Å². The van der Waals surface area contributed by atoms with E-state index in [-0.39, 0.29) is 0 Å². The highest BCUT2D eigenvalue weighted by atomic mass is 14.7. The van der Waals surface area contributed by atoms with Gasteiger partial charge >= 0.3 is 0 Å². The van der Waals surface area contributed by atoms with Crippen LogP contribution in [0, 0.1) is 0 Å². The zero-order chi connectivity index (χ0) is 11.3. The first-order valence-corrected chi connectivity index (χ1v) is 5.45. The van der Waals surface area contributed by atoms with Gasteiger partial charge < -0.3 is 0 Å². The average Bonchev–Trinajstić information content (AvgIpc) is 2.31. The maximum absolute atomic E-state index is 4.35. The van der Waals surface area contributed by atoms with Crippen LogP contribution in [0.1, 0.15) is 50.4 Å². The molecule has 1 aromatic heterocycles. The van der Waals surface area contributed by atoms with Crippen LogP contribution >= 0.6 is 0 Å². The van der Waals surface area contributed by atoms with Crippen molar-refractivity contribution in [3.8, 4) is 0 Å². The van der Waals surface area contributed by atoms with E-state index in [1.807, 2.05) is 32.2 Å². The van der Waals surface area contributed by atoms with E-state index in [0.717, 1.165) is 11.3 Å². The van der Waals surface area contributed by atoms with Crippen molar-refractivity contribution in [3.63, 3.8) is 0 Å². The van der Waals surface area contributed by atoms with Crippen molar-refractivity contribution in [3.05, 3.63) is 40.5 Å². The van der Waals surface area contributed by atoms with Gasteiger partial charge in [-0.3, -0.25) is 4.98 Å². The van der Waals surface area contributed by atoms with Crippen LogP contribution in [-0.4, -0.2) is 4.98 Å². The van der Waals surface area contributed by atoms with E-state index >= 15 is 0 Å². The number of hydrogen-bond donors (Lipinski definition) is 0. The Labute approximate surface area is 91.9 Å². The van der Waals surface area contributed by atoms with Crippen molar-refractivity contribution in [2.24, 2.45) is 0 Å². The van der Waals surface area contributed by atoms with Crippen LogP contribution in [0.3, 0.4) is 0 Å². The first kappa shape index (κ1) is 11.5. The molecule has 0 aliphatic heterocycles. The summed E-state index contributed by atoms with van der Waals surface area (Å²) in [5.74, 6) is 0.529. The van der Waals surface area contributed by atoms with Gasteiger partial charge in [0.1, 0.15) is 0 Å². The lowest BCUT2D eigenvalue weighted by Crippen LogP contribution is -1.94. The Morgan fingerprint density at radius 1 is 1.13 bits per heavy atom. The first-order chi connectivity index (χ1) is 7.27. The van der Waals surface area contributed by atoms with E-state index in [9.17, 15) is 0 Å². The molecule has 0 amide bonds. The van der Waals surface area contributed by atoms with Crippen molar-refractivity contribution in [1.82, 2.24) is 4.98 Å². The summed E-state index contributed by atoms with van der Waals surface area (Å²) in [6, 6.07) is 2.16. The van der Waals surface area contributed by atoms with Gasteiger partial charge in [-0.1, -0.05) is 39.2 Å². The summed E-state index contributed by atoms with van der Waals surface area (Å²) in [5, 5.41) is 0. The average molecular weight is 199 g/mol. The Bertz CT molecular complexity index is 429. The highest BCUT2D eigenvalue weighted by Crippen LogP contribution is 2.19. The molecule has 0 saturated carbocycles. The molecule has 1 aliphatic rings. The van der Waals surface area contributed by atoms with E-state index in [0.29, 0.717) is 5.92 Å². The van der Waals surface area contributed by atoms with Crippen LogP contribution in [0.5, 0.6) is 0 Å². The van der Waals surface area contributed by atoms with Gasteiger partial charge in [-0.05, 0) is 23.6 Å². The Kier molecular flexibility index (Phi) is 4.12. The number of fused-ring (bicyclic) bond motifs is 1. The highest BCUT2D eigenvalue weighted by molar-refractivity contribution is 5.65. The predicted octanol–water partition coefficient (Wildman–Crippen LogP) is 4.03. The smallest absolute Gasteiger partial charge is 0.0792 e. The molecular weight excluding hydrogens is 182 g/mol. The Morgan fingerprint density at radius 2 is 1.80 bits per heavy atom. The predicted molar refractivity (Wildman–Crippen MR) is 65.6 cm³/mol. The quantitative estimate of drug-likeness (QED) is 0.632. The number of hydrogen-bond acceptors (Lipinski definition) is 1. The van der Waals surface area contributed by atoms with E-state index in [4.69, 9.17) is 0 Å². The summed E-state index contributed by atoms with van der Waals surface area (Å²) < 4.78 is 0. The zero-order valence-corrected chi connectivity index (χ0v) is 9.83. The topological polar surface area (TPSA) is 12.9 Å². The number of aromatic nitrogens is 1. The fourth-order valence-electron chi connectivity index (χ4n) is 1.29. The maximum atomic E-state index is 4.35. The lowest BCUT2D eigenvalue weighted by atomic mass is 10.0. The van der Waals surface area contributed by atoms with Crippen LogP contribution in [0.4, 0.5) is 0 Å². The van der Waals surface area contributed by atoms with Crippen molar-refractivity contribution in [2.45, 2.75) is 33.6 Å². The van der Waals surface area contributed by atoms with Crippen LogP contribution < -0.4 is 0 Å². The minimum atomic E-state index is 0.529. The molecule has 78 valence electrons. The van der Waals surface area contributed by atoms with Crippen LogP contribution in [0.2, 0.25) is 0 Å². The largest absolute Gasteiger partial charge is 0.255 e. The normalized spacial score (nSPS) is 11.0. The second-order valence-electron chi connectivity index (χ2n) is 3.48. The molecule has 1 heterocycles. The molecule has 0 spiro atoms. The molecule has 0 saturated heterocycles. The molecule has 1 heteroatoms. The van der Waals surface area contributed by atoms with Crippen molar-refractivity contribution in [2.75, 3.05) is 0 Å². The molecule has 0 bridgehead atoms. The third kappa shape index (κ3) is 2.70. The summed E-state index contributed by atoms with van der Waals surface area (Å²) >= 11 is 0. The standard InChI is InChI=1S/C12H11N.C2H6/c1-9(2)11-7-10-5-3-4-6-12(10)13-8-11;1-2/h5-9H,1-2H3;1-2H3. The number of pyridine rings is 1. The zero-order valence-electron chi connectivity index (χ0n) is 9.83. The van der Waals surface area contributed by atoms with E-state index in [1.54, 1.807) is 0 Å². The first-order valence-electron chi connectivity index (χ1n) is 5.45. The third-order valence-electron chi connectivity index (χ3n) is 2.16. The van der Waals surface area contributed by atoms with Gasteiger partial charge in [-0.2, -0.15) is 0 Å². The summed E-state index contributed by atoms with van der Waals surface area (Å²) in [6.45, 7) is 8.34. The molecule has 2 rings (SSSR count). The molecule has 1 nitrogen and oxygen atoms in total. The molecule has 1 aromatic rings. The fourth-order valence-corrected chi connectivity index (χ4v) is 1.29. The molecule has 0 atom stereocenters. The summed E-state index contributed by atoms with van der Waals surface area (Å²) in [5.41, 5.74) is 9.24. The van der Waals surface area contributed by atoms with Crippen molar-refractivity contribution < 1.29 is 0 Å². The molecule has 0 radical (unpaired) electrons. The second kappa shape index (κ2) is 5.36. The molecule has 1 aliphatic carbocycles. The molecule has 0 fully saturated rings. The monoisotopic (exact) mass is 199 g/mol. The van der Waals surface area contributed by atoms with Crippen LogP contribution in [0.15, 0.2) is 23.7 Å². The van der Waals surface area contributed by atoms with Gasteiger partial charge in [-0.15, -0.1) is 0 Å². The molecule has 0 N–H and O–H groups in total. The summed E-state index contributed by atoms with van der Waals surface area (Å²) in [4.78, 5) is 4.35. The molecular formula is C14H17N. The maximum Gasteiger partial charge on any atom is 0.0792 e. The number of rotatable bonds is 1. The van der Waals surface area contributed by atoms with Crippen LogP contribution in [0.25, 0.3) is 12.2 Å². The van der Waals surface area contributed by atoms with Crippen molar-refractivity contribution in [1.29, 1.82) is 0 Å².